The van der Waals surface area contributed by atoms with E-state index in [0.717, 1.165) is 30.5 Å². The molecule has 6 nitrogen and oxygen atoms in total. The van der Waals surface area contributed by atoms with Gasteiger partial charge >= 0.3 is 0 Å². The van der Waals surface area contributed by atoms with Gasteiger partial charge in [-0.25, -0.2) is 0 Å². The molecule has 1 fully saturated rings. The maximum atomic E-state index is 12.8. The Labute approximate surface area is 148 Å². The van der Waals surface area contributed by atoms with Gasteiger partial charge in [0.2, 0.25) is 0 Å². The molecule has 0 aromatic carbocycles. The van der Waals surface area contributed by atoms with Crippen LogP contribution in [0, 0.1) is 6.92 Å². The van der Waals surface area contributed by atoms with Crippen molar-refractivity contribution in [2.75, 3.05) is 6.61 Å². The van der Waals surface area contributed by atoms with Crippen LogP contribution in [0.15, 0.2) is 30.7 Å². The summed E-state index contributed by atoms with van der Waals surface area (Å²) < 4.78 is 7.81. The molecule has 1 N–H and O–H groups in total. The fourth-order valence-electron chi connectivity index (χ4n) is 3.51. The Kier molecular flexibility index (Phi) is 5.48. The number of hydrogen-bond donors (Lipinski definition) is 1. The second-order valence-corrected chi connectivity index (χ2v) is 6.50. The van der Waals surface area contributed by atoms with Crippen molar-refractivity contribution in [3.8, 4) is 0 Å². The van der Waals surface area contributed by atoms with Crippen LogP contribution in [-0.2, 0) is 4.74 Å². The maximum absolute atomic E-state index is 12.8. The van der Waals surface area contributed by atoms with Gasteiger partial charge < -0.3 is 10.1 Å². The summed E-state index contributed by atoms with van der Waals surface area (Å²) in [5.74, 6) is -0.0794. The fourth-order valence-corrected chi connectivity index (χ4v) is 3.51. The van der Waals surface area contributed by atoms with Gasteiger partial charge in [-0.3, -0.25) is 14.5 Å². The lowest BCUT2D eigenvalue weighted by atomic mass is 10.0. The first kappa shape index (κ1) is 17.6. The molecule has 0 spiro atoms. The van der Waals surface area contributed by atoms with Crippen LogP contribution in [0.25, 0.3) is 0 Å². The molecule has 0 saturated carbocycles. The maximum Gasteiger partial charge on any atom is 0.255 e. The van der Waals surface area contributed by atoms with Crippen LogP contribution in [0.3, 0.4) is 0 Å². The number of carbonyl (C=O) groups is 1. The summed E-state index contributed by atoms with van der Waals surface area (Å²) in [5, 5.41) is 7.58. The molecule has 0 bridgehead atoms. The second kappa shape index (κ2) is 7.78. The van der Waals surface area contributed by atoms with Crippen LogP contribution in [0.5, 0.6) is 0 Å². The molecule has 0 radical (unpaired) electrons. The normalized spacial score (nSPS) is 20.2. The van der Waals surface area contributed by atoms with Crippen LogP contribution in [0.2, 0.25) is 0 Å². The van der Waals surface area contributed by atoms with E-state index in [4.69, 9.17) is 4.74 Å². The molecule has 1 aliphatic heterocycles. The summed E-state index contributed by atoms with van der Waals surface area (Å²) in [6.45, 7) is 6.89. The zero-order valence-electron chi connectivity index (χ0n) is 15.1. The molecule has 2 atom stereocenters. The van der Waals surface area contributed by atoms with Crippen molar-refractivity contribution in [3.63, 3.8) is 0 Å². The number of nitrogens with zero attached hydrogens (tertiary/aromatic N) is 3. The van der Waals surface area contributed by atoms with Gasteiger partial charge in [0.1, 0.15) is 6.10 Å². The summed E-state index contributed by atoms with van der Waals surface area (Å²) in [4.78, 5) is 16.8. The Balaban J connectivity index is 1.74. The van der Waals surface area contributed by atoms with Crippen molar-refractivity contribution in [1.82, 2.24) is 20.1 Å². The third-order valence-electron chi connectivity index (χ3n) is 5.02. The van der Waals surface area contributed by atoms with Crippen LogP contribution in [-0.4, -0.2) is 33.3 Å². The minimum Gasteiger partial charge on any atom is -0.371 e. The van der Waals surface area contributed by atoms with Crippen LogP contribution >= 0.6 is 0 Å². The topological polar surface area (TPSA) is 69.0 Å². The summed E-state index contributed by atoms with van der Waals surface area (Å²) >= 11 is 0. The van der Waals surface area contributed by atoms with Gasteiger partial charge in [-0.1, -0.05) is 13.8 Å². The minimum atomic E-state index is -0.124. The first-order valence-corrected chi connectivity index (χ1v) is 9.02. The Morgan fingerprint density at radius 3 is 2.76 bits per heavy atom. The predicted octanol–water partition coefficient (Wildman–Crippen LogP) is 3.21. The quantitative estimate of drug-likeness (QED) is 0.875. The molecule has 0 aliphatic carbocycles. The van der Waals surface area contributed by atoms with Gasteiger partial charge in [-0.2, -0.15) is 5.10 Å². The van der Waals surface area contributed by atoms with Gasteiger partial charge in [0.25, 0.3) is 5.91 Å². The lowest BCUT2D eigenvalue weighted by Crippen LogP contribution is -2.37. The van der Waals surface area contributed by atoms with Crippen molar-refractivity contribution in [3.05, 3.63) is 47.5 Å². The number of pyridine rings is 1. The highest BCUT2D eigenvalue weighted by atomic mass is 16.5. The van der Waals surface area contributed by atoms with E-state index >= 15 is 0 Å². The van der Waals surface area contributed by atoms with Gasteiger partial charge in [-0.05, 0) is 43.9 Å². The van der Waals surface area contributed by atoms with E-state index in [9.17, 15) is 4.79 Å². The van der Waals surface area contributed by atoms with E-state index in [0.29, 0.717) is 18.2 Å². The average molecular weight is 342 g/mol. The summed E-state index contributed by atoms with van der Waals surface area (Å²) in [7, 11) is 0. The van der Waals surface area contributed by atoms with Crippen LogP contribution < -0.4 is 5.32 Å². The average Bonchev–Trinajstić information content (AvgIpc) is 3.24. The van der Waals surface area contributed by atoms with Crippen molar-refractivity contribution >= 4 is 5.91 Å². The van der Waals surface area contributed by atoms with Crippen LogP contribution in [0.4, 0.5) is 0 Å². The summed E-state index contributed by atoms with van der Waals surface area (Å²) in [5.41, 5.74) is 2.61. The number of aromatic nitrogens is 3. The van der Waals surface area contributed by atoms with Gasteiger partial charge in [0, 0.05) is 24.7 Å². The number of ether oxygens (including phenoxy) is 1. The molecule has 6 heteroatoms. The third kappa shape index (κ3) is 3.58. The zero-order chi connectivity index (χ0) is 17.8. The number of rotatable bonds is 6. The van der Waals surface area contributed by atoms with Crippen molar-refractivity contribution < 1.29 is 9.53 Å². The molecule has 2 aromatic rings. The summed E-state index contributed by atoms with van der Waals surface area (Å²) in [6, 6.07) is 4.17. The van der Waals surface area contributed by atoms with Gasteiger partial charge in [0.15, 0.2) is 0 Å². The lowest BCUT2D eigenvalue weighted by molar-refractivity contribution is 0.0821. The molecular weight excluding hydrogens is 316 g/mol. The zero-order valence-corrected chi connectivity index (χ0v) is 15.1. The highest BCUT2D eigenvalue weighted by Gasteiger charge is 2.32. The minimum absolute atomic E-state index is 0.0363. The van der Waals surface area contributed by atoms with Gasteiger partial charge in [-0.15, -0.1) is 0 Å². The molecular formula is C19H26N4O2. The first-order chi connectivity index (χ1) is 12.2. The molecule has 25 heavy (non-hydrogen) atoms. The standard InChI is InChI=1S/C19H26N4O2/c1-4-15(5-2)23-13(3)16(12-21-23)19(24)22-17-8-11-25-18(17)14-6-9-20-10-7-14/h6-7,9-10,12,15,17-18H,4-5,8,11H2,1-3H3,(H,22,24)/t17-,18+/m0/s1. The van der Waals surface area contributed by atoms with E-state index < -0.39 is 0 Å². The second-order valence-electron chi connectivity index (χ2n) is 6.50. The van der Waals surface area contributed by atoms with Crippen molar-refractivity contribution in [1.29, 1.82) is 0 Å². The molecule has 1 amide bonds. The number of carbonyl (C=O) groups excluding carboxylic acids is 1. The molecule has 134 valence electrons. The van der Waals surface area contributed by atoms with E-state index in [-0.39, 0.29) is 18.1 Å². The monoisotopic (exact) mass is 342 g/mol. The van der Waals surface area contributed by atoms with Gasteiger partial charge in [0.05, 0.1) is 23.8 Å². The smallest absolute Gasteiger partial charge is 0.255 e. The van der Waals surface area contributed by atoms with E-state index in [2.05, 4.69) is 29.2 Å². The Bertz CT molecular complexity index is 709. The van der Waals surface area contributed by atoms with E-state index in [1.54, 1.807) is 18.6 Å². The summed E-state index contributed by atoms with van der Waals surface area (Å²) in [6.07, 6.45) is 7.86. The number of nitrogens with one attached hydrogen (secondary N) is 1. The first-order valence-electron chi connectivity index (χ1n) is 9.02. The Morgan fingerprint density at radius 2 is 2.08 bits per heavy atom. The highest BCUT2D eigenvalue weighted by Crippen LogP contribution is 2.29. The fraction of sp³-hybridized carbons (Fsp3) is 0.526. The third-order valence-corrected chi connectivity index (χ3v) is 5.02. The highest BCUT2D eigenvalue weighted by molar-refractivity contribution is 5.95. The van der Waals surface area contributed by atoms with E-state index in [1.807, 2.05) is 23.7 Å². The number of amides is 1. The lowest BCUT2D eigenvalue weighted by Gasteiger charge is -2.20. The Morgan fingerprint density at radius 1 is 1.36 bits per heavy atom. The Hall–Kier alpha value is -2.21. The molecule has 3 rings (SSSR count). The number of hydrogen-bond acceptors (Lipinski definition) is 4. The predicted molar refractivity (Wildman–Crippen MR) is 95.4 cm³/mol. The van der Waals surface area contributed by atoms with Crippen molar-refractivity contribution in [2.24, 2.45) is 0 Å². The van der Waals surface area contributed by atoms with Crippen LogP contribution in [0.1, 0.15) is 66.9 Å². The molecule has 1 saturated heterocycles. The van der Waals surface area contributed by atoms with E-state index in [1.165, 1.54) is 0 Å². The SMILES string of the molecule is CCC(CC)n1ncc(C(=O)N[C@H]2CCO[C@@H]2c2ccncc2)c1C. The molecule has 2 aromatic heterocycles. The molecule has 3 heterocycles. The molecule has 1 aliphatic rings. The van der Waals surface area contributed by atoms with Crippen molar-refractivity contribution in [2.45, 2.75) is 58.2 Å². The molecule has 0 unspecified atom stereocenters. The largest absolute Gasteiger partial charge is 0.371 e.